The fourth-order valence-electron chi connectivity index (χ4n) is 3.34. The number of fused-ring (bicyclic) bond motifs is 1. The van der Waals surface area contributed by atoms with Crippen LogP contribution in [0.3, 0.4) is 0 Å². The van der Waals surface area contributed by atoms with E-state index in [1.54, 1.807) is 12.3 Å². The van der Waals surface area contributed by atoms with Crippen molar-refractivity contribution in [2.24, 2.45) is 0 Å². The molecule has 0 atom stereocenters. The number of amides is 1. The molecule has 6 nitrogen and oxygen atoms in total. The van der Waals surface area contributed by atoms with Crippen LogP contribution >= 0.6 is 0 Å². The predicted octanol–water partition coefficient (Wildman–Crippen LogP) is 4.54. The number of nitrogens with one attached hydrogen (secondary N) is 3. The van der Waals surface area contributed by atoms with E-state index in [2.05, 4.69) is 45.0 Å². The Balaban J connectivity index is 1.31. The zero-order valence-electron chi connectivity index (χ0n) is 17.1. The molecule has 4 rings (SSSR count). The standard InChI is InChI=1S/C24H25N5O/c1-29(2)20-10-8-19(9-11-20)28-24(30)18-7-12-23(27-16-18)25-14-13-17-15-26-22-6-4-3-5-21(17)22/h3-12,15-16,26H,13-14H2,1-2H3,(H,25,27)(H,28,30). The van der Waals surface area contributed by atoms with Gasteiger partial charge in [0.2, 0.25) is 0 Å². The maximum atomic E-state index is 12.5. The number of aromatic amines is 1. The van der Waals surface area contributed by atoms with Crippen molar-refractivity contribution in [1.29, 1.82) is 0 Å². The number of anilines is 3. The number of para-hydroxylation sites is 1. The van der Waals surface area contributed by atoms with E-state index < -0.39 is 0 Å². The molecule has 30 heavy (non-hydrogen) atoms. The van der Waals surface area contributed by atoms with Crippen LogP contribution in [0.4, 0.5) is 17.2 Å². The smallest absolute Gasteiger partial charge is 0.257 e. The van der Waals surface area contributed by atoms with Gasteiger partial charge in [-0.2, -0.15) is 0 Å². The van der Waals surface area contributed by atoms with E-state index in [1.807, 2.05) is 55.4 Å². The molecule has 0 aliphatic heterocycles. The average molecular weight is 399 g/mol. The Hall–Kier alpha value is -3.80. The lowest BCUT2D eigenvalue weighted by atomic mass is 10.1. The van der Waals surface area contributed by atoms with Crippen LogP contribution in [-0.4, -0.2) is 36.5 Å². The highest BCUT2D eigenvalue weighted by Crippen LogP contribution is 2.19. The highest BCUT2D eigenvalue weighted by atomic mass is 16.1. The summed E-state index contributed by atoms with van der Waals surface area (Å²) in [7, 11) is 3.96. The fraction of sp³-hybridized carbons (Fsp3) is 0.167. The Morgan fingerprint density at radius 1 is 1.03 bits per heavy atom. The Labute approximate surface area is 176 Å². The highest BCUT2D eigenvalue weighted by molar-refractivity contribution is 6.04. The minimum Gasteiger partial charge on any atom is -0.378 e. The summed E-state index contributed by atoms with van der Waals surface area (Å²) >= 11 is 0. The zero-order chi connectivity index (χ0) is 20.9. The molecule has 0 bridgehead atoms. The molecular formula is C24H25N5O. The normalized spacial score (nSPS) is 10.7. The van der Waals surface area contributed by atoms with Gasteiger partial charge in [0.15, 0.2) is 0 Å². The molecule has 0 saturated carbocycles. The number of benzene rings is 2. The molecule has 0 aliphatic carbocycles. The van der Waals surface area contributed by atoms with Crippen LogP contribution in [-0.2, 0) is 6.42 Å². The van der Waals surface area contributed by atoms with Crippen LogP contribution in [0.1, 0.15) is 15.9 Å². The molecule has 6 heteroatoms. The minimum absolute atomic E-state index is 0.176. The van der Waals surface area contributed by atoms with E-state index in [0.717, 1.165) is 35.7 Å². The molecule has 0 spiro atoms. The van der Waals surface area contributed by atoms with Gasteiger partial charge in [0.25, 0.3) is 5.91 Å². The lowest BCUT2D eigenvalue weighted by Gasteiger charge is -2.13. The van der Waals surface area contributed by atoms with Gasteiger partial charge >= 0.3 is 0 Å². The molecule has 2 aromatic heterocycles. The van der Waals surface area contributed by atoms with Gasteiger partial charge in [-0.05, 0) is 54.4 Å². The SMILES string of the molecule is CN(C)c1ccc(NC(=O)c2ccc(NCCc3c[nH]c4ccccc34)nc2)cc1. The molecule has 2 heterocycles. The van der Waals surface area contributed by atoms with E-state index in [0.29, 0.717) is 5.56 Å². The summed E-state index contributed by atoms with van der Waals surface area (Å²) in [6.07, 6.45) is 4.53. The number of hydrogen-bond acceptors (Lipinski definition) is 4. The van der Waals surface area contributed by atoms with E-state index in [-0.39, 0.29) is 5.91 Å². The third-order valence-electron chi connectivity index (χ3n) is 5.04. The van der Waals surface area contributed by atoms with E-state index >= 15 is 0 Å². The van der Waals surface area contributed by atoms with E-state index in [9.17, 15) is 4.79 Å². The van der Waals surface area contributed by atoms with Crippen molar-refractivity contribution in [3.8, 4) is 0 Å². The lowest BCUT2D eigenvalue weighted by Crippen LogP contribution is -2.13. The molecule has 3 N–H and O–H groups in total. The molecule has 0 fully saturated rings. The molecule has 0 aliphatic rings. The molecule has 0 radical (unpaired) electrons. The third kappa shape index (κ3) is 4.43. The number of carbonyl (C=O) groups excluding carboxylic acids is 1. The van der Waals surface area contributed by atoms with Gasteiger partial charge in [-0.15, -0.1) is 0 Å². The number of pyridine rings is 1. The molecule has 0 saturated heterocycles. The largest absolute Gasteiger partial charge is 0.378 e. The van der Waals surface area contributed by atoms with Crippen LogP contribution in [0, 0.1) is 0 Å². The van der Waals surface area contributed by atoms with Gasteiger partial charge in [0, 0.05) is 55.3 Å². The zero-order valence-corrected chi connectivity index (χ0v) is 17.1. The summed E-state index contributed by atoms with van der Waals surface area (Å²) in [5.41, 5.74) is 4.78. The molecule has 2 aromatic carbocycles. The summed E-state index contributed by atoms with van der Waals surface area (Å²) in [6.45, 7) is 0.763. The van der Waals surface area contributed by atoms with Gasteiger partial charge < -0.3 is 20.5 Å². The lowest BCUT2D eigenvalue weighted by molar-refractivity contribution is 0.102. The number of carbonyl (C=O) groups is 1. The molecule has 152 valence electrons. The summed E-state index contributed by atoms with van der Waals surface area (Å²) in [4.78, 5) is 22.1. The Morgan fingerprint density at radius 2 is 1.83 bits per heavy atom. The second-order valence-corrected chi connectivity index (χ2v) is 7.36. The van der Waals surface area contributed by atoms with Crippen molar-refractivity contribution in [2.75, 3.05) is 36.2 Å². The van der Waals surface area contributed by atoms with E-state index in [1.165, 1.54) is 10.9 Å². The molecule has 0 unspecified atom stereocenters. The van der Waals surface area contributed by atoms with Crippen LogP contribution in [0.2, 0.25) is 0 Å². The Bertz CT molecular complexity index is 1130. The minimum atomic E-state index is -0.176. The second kappa shape index (κ2) is 8.69. The fourth-order valence-corrected chi connectivity index (χ4v) is 3.34. The van der Waals surface area contributed by atoms with Crippen molar-refractivity contribution < 1.29 is 4.79 Å². The van der Waals surface area contributed by atoms with Gasteiger partial charge in [-0.3, -0.25) is 4.79 Å². The topological polar surface area (TPSA) is 73.1 Å². The highest BCUT2D eigenvalue weighted by Gasteiger charge is 2.08. The van der Waals surface area contributed by atoms with Gasteiger partial charge in [-0.1, -0.05) is 18.2 Å². The van der Waals surface area contributed by atoms with Crippen molar-refractivity contribution in [3.05, 3.63) is 84.2 Å². The van der Waals surface area contributed by atoms with Crippen molar-refractivity contribution >= 4 is 34.0 Å². The Kier molecular flexibility index (Phi) is 5.66. The second-order valence-electron chi connectivity index (χ2n) is 7.36. The Morgan fingerprint density at radius 3 is 2.57 bits per heavy atom. The van der Waals surface area contributed by atoms with Crippen molar-refractivity contribution in [1.82, 2.24) is 9.97 Å². The average Bonchev–Trinajstić information content (AvgIpc) is 3.18. The predicted molar refractivity (Wildman–Crippen MR) is 123 cm³/mol. The van der Waals surface area contributed by atoms with Crippen LogP contribution in [0.25, 0.3) is 10.9 Å². The number of H-pyrrole nitrogens is 1. The van der Waals surface area contributed by atoms with Gasteiger partial charge in [0.1, 0.15) is 5.82 Å². The van der Waals surface area contributed by atoms with Crippen LogP contribution < -0.4 is 15.5 Å². The number of hydrogen-bond donors (Lipinski definition) is 3. The first kappa shape index (κ1) is 19.5. The summed E-state index contributed by atoms with van der Waals surface area (Å²) < 4.78 is 0. The summed E-state index contributed by atoms with van der Waals surface area (Å²) in [5.74, 6) is 0.576. The molecule has 1 amide bonds. The summed E-state index contributed by atoms with van der Waals surface area (Å²) in [6, 6.07) is 19.6. The number of rotatable bonds is 7. The van der Waals surface area contributed by atoms with Crippen LogP contribution in [0.5, 0.6) is 0 Å². The quantitative estimate of drug-likeness (QED) is 0.427. The van der Waals surface area contributed by atoms with Gasteiger partial charge in [0.05, 0.1) is 5.56 Å². The monoisotopic (exact) mass is 399 g/mol. The van der Waals surface area contributed by atoms with Gasteiger partial charge in [-0.25, -0.2) is 4.98 Å². The van der Waals surface area contributed by atoms with Crippen molar-refractivity contribution in [2.45, 2.75) is 6.42 Å². The maximum absolute atomic E-state index is 12.5. The van der Waals surface area contributed by atoms with E-state index in [4.69, 9.17) is 0 Å². The first-order valence-corrected chi connectivity index (χ1v) is 9.94. The first-order chi connectivity index (χ1) is 14.6. The summed E-state index contributed by atoms with van der Waals surface area (Å²) in [5, 5.41) is 7.47. The first-order valence-electron chi connectivity index (χ1n) is 9.94. The molecule has 4 aromatic rings. The third-order valence-corrected chi connectivity index (χ3v) is 5.04. The molecular weight excluding hydrogens is 374 g/mol. The van der Waals surface area contributed by atoms with Crippen molar-refractivity contribution in [3.63, 3.8) is 0 Å². The number of aromatic nitrogens is 2. The number of nitrogens with zero attached hydrogens (tertiary/aromatic N) is 2. The van der Waals surface area contributed by atoms with Crippen LogP contribution in [0.15, 0.2) is 73.1 Å². The maximum Gasteiger partial charge on any atom is 0.257 e.